The minimum Gasteiger partial charge on any atom is -0.369 e. The number of rotatable bonds is 7. The van der Waals surface area contributed by atoms with E-state index in [-0.39, 0.29) is 44.5 Å². The van der Waals surface area contributed by atoms with Crippen molar-refractivity contribution < 1.29 is 39.9 Å². The molecule has 0 amide bonds. The van der Waals surface area contributed by atoms with E-state index in [1.807, 2.05) is 0 Å². The van der Waals surface area contributed by atoms with Gasteiger partial charge in [0.2, 0.25) is 5.95 Å². The van der Waals surface area contributed by atoms with Gasteiger partial charge in [0.1, 0.15) is 23.7 Å². The smallest absolute Gasteiger partial charge is 0.369 e. The van der Waals surface area contributed by atoms with Crippen molar-refractivity contribution in [2.75, 3.05) is 11.1 Å². The van der Waals surface area contributed by atoms with Gasteiger partial charge in [-0.2, -0.15) is 31.4 Å². The second kappa shape index (κ2) is 11.3. The van der Waals surface area contributed by atoms with Crippen molar-refractivity contribution in [3.8, 4) is 0 Å². The molecule has 45 heavy (non-hydrogen) atoms. The number of Topliss-reactive ketones (excluding diaryl/α,β-unsaturated/α-hetero) is 1. The molecule has 17 heteroatoms. The van der Waals surface area contributed by atoms with Gasteiger partial charge in [0, 0.05) is 39.2 Å². The van der Waals surface area contributed by atoms with E-state index < -0.39 is 70.3 Å². The minimum absolute atomic E-state index is 0.0475. The summed E-state index contributed by atoms with van der Waals surface area (Å²) in [5, 5.41) is 17.2. The van der Waals surface area contributed by atoms with Crippen molar-refractivity contribution in [2.45, 2.75) is 31.7 Å². The summed E-state index contributed by atoms with van der Waals surface area (Å²) < 4.78 is 111. The normalized spacial score (nSPS) is 12.9. The van der Waals surface area contributed by atoms with Crippen molar-refractivity contribution >= 4 is 62.9 Å². The highest BCUT2D eigenvalue weighted by Crippen LogP contribution is 2.43. The molecule has 5 aromatic rings. The lowest BCUT2D eigenvalue weighted by Gasteiger charge is -2.23. The number of nitrogens with zero attached hydrogens (tertiary/aromatic N) is 4. The highest BCUT2D eigenvalue weighted by Gasteiger charge is 2.35. The quantitative estimate of drug-likeness (QED) is 0.0934. The van der Waals surface area contributed by atoms with Crippen LogP contribution < -0.4 is 11.1 Å². The molecule has 8 nitrogen and oxygen atoms in total. The summed E-state index contributed by atoms with van der Waals surface area (Å²) in [6.45, 7) is -0.582. The molecule has 1 atom stereocenters. The number of fused-ring (bicyclic) bond motifs is 2. The Hall–Kier alpha value is -4.86. The average molecular weight is 656 g/mol. The van der Waals surface area contributed by atoms with Gasteiger partial charge in [0.05, 0.1) is 22.8 Å². The maximum absolute atomic E-state index is 14.5. The predicted octanol–water partition coefficient (Wildman–Crippen LogP) is 7.80. The van der Waals surface area contributed by atoms with Crippen LogP contribution >= 0.6 is 11.6 Å². The molecule has 5 rings (SSSR count). The molecule has 2 aromatic heterocycles. The second-order valence-corrected chi connectivity index (χ2v) is 10.3. The highest BCUT2D eigenvalue weighted by molar-refractivity contribution is 6.31. The summed E-state index contributed by atoms with van der Waals surface area (Å²) in [5.74, 6) is -5.34. The van der Waals surface area contributed by atoms with Gasteiger partial charge in [-0.05, 0) is 48.9 Å². The summed E-state index contributed by atoms with van der Waals surface area (Å²) in [6, 6.07) is 5.22. The molecule has 0 bridgehead atoms. The van der Waals surface area contributed by atoms with E-state index in [0.29, 0.717) is 4.57 Å². The summed E-state index contributed by atoms with van der Waals surface area (Å²) in [4.78, 5) is 17.2. The molecule has 2 heterocycles. The highest BCUT2D eigenvalue weighted by atomic mass is 35.5. The van der Waals surface area contributed by atoms with Crippen molar-refractivity contribution in [3.05, 3.63) is 81.5 Å². The Kier molecular flexibility index (Phi) is 7.89. The molecule has 0 fully saturated rings. The SMILES string of the molecule is CC(=O)c1c(C(C=N)c2cc(F)ccc2Cl)c(Nc2nncc3c(C(F)(F)F)cc(F)cc23)cc2c1nc(N)n2CC(F)(F)F. The molecule has 0 aliphatic rings. The number of ketones is 1. The fourth-order valence-electron chi connectivity index (χ4n) is 5.11. The number of hydrogen-bond acceptors (Lipinski definition) is 7. The summed E-state index contributed by atoms with van der Waals surface area (Å²) in [7, 11) is 0. The third-order valence-electron chi connectivity index (χ3n) is 6.88. The first-order valence-corrected chi connectivity index (χ1v) is 13.0. The largest absolute Gasteiger partial charge is 0.417 e. The van der Waals surface area contributed by atoms with E-state index in [1.54, 1.807) is 0 Å². The molecule has 0 aliphatic heterocycles. The van der Waals surface area contributed by atoms with Gasteiger partial charge in [0.15, 0.2) is 11.6 Å². The second-order valence-electron chi connectivity index (χ2n) is 9.85. The van der Waals surface area contributed by atoms with E-state index >= 15 is 0 Å². The van der Waals surface area contributed by atoms with Crippen molar-refractivity contribution in [3.63, 3.8) is 0 Å². The molecule has 0 radical (unpaired) electrons. The third kappa shape index (κ3) is 5.96. The van der Waals surface area contributed by atoms with Crippen LogP contribution in [-0.2, 0) is 12.7 Å². The predicted molar refractivity (Wildman–Crippen MR) is 150 cm³/mol. The molecule has 1 unspecified atom stereocenters. The number of halogens is 9. The van der Waals surface area contributed by atoms with Gasteiger partial charge in [-0.1, -0.05) is 11.6 Å². The summed E-state index contributed by atoms with van der Waals surface area (Å²) >= 11 is 6.33. The van der Waals surface area contributed by atoms with Crippen LogP contribution in [0.5, 0.6) is 0 Å². The Morgan fingerprint density at radius 1 is 1.09 bits per heavy atom. The van der Waals surface area contributed by atoms with Crippen molar-refractivity contribution in [1.29, 1.82) is 5.41 Å². The first-order chi connectivity index (χ1) is 21.0. The summed E-state index contributed by atoms with van der Waals surface area (Å²) in [5.41, 5.74) is 2.94. The van der Waals surface area contributed by atoms with Gasteiger partial charge < -0.3 is 21.0 Å². The molecular weight excluding hydrogens is 638 g/mol. The molecule has 234 valence electrons. The van der Waals surface area contributed by atoms with E-state index in [2.05, 4.69) is 20.5 Å². The Labute approximate surface area is 252 Å². The van der Waals surface area contributed by atoms with Gasteiger partial charge in [-0.25, -0.2) is 13.8 Å². The minimum atomic E-state index is -5.01. The Morgan fingerprint density at radius 3 is 2.42 bits per heavy atom. The van der Waals surface area contributed by atoms with Gasteiger partial charge in [0.25, 0.3) is 0 Å². The van der Waals surface area contributed by atoms with Gasteiger partial charge >= 0.3 is 12.4 Å². The number of alkyl halides is 6. The van der Waals surface area contributed by atoms with E-state index in [1.165, 1.54) is 6.07 Å². The molecule has 0 aliphatic carbocycles. The molecular formula is C28H18ClF8N7O. The Bertz CT molecular complexity index is 2010. The number of benzene rings is 3. The number of nitrogen functional groups attached to an aromatic ring is 1. The molecule has 0 spiro atoms. The lowest BCUT2D eigenvalue weighted by atomic mass is 9.85. The lowest BCUT2D eigenvalue weighted by molar-refractivity contribution is -0.139. The number of nitrogens with two attached hydrogens (primary N) is 1. The first-order valence-electron chi connectivity index (χ1n) is 12.6. The van der Waals surface area contributed by atoms with Crippen LogP contribution in [-0.4, -0.2) is 37.9 Å². The zero-order valence-electron chi connectivity index (χ0n) is 22.6. The number of aromatic nitrogens is 4. The van der Waals surface area contributed by atoms with Crippen LogP contribution in [0.4, 0.5) is 52.6 Å². The number of nitrogens with one attached hydrogen (secondary N) is 2. The average Bonchev–Trinajstić information content (AvgIpc) is 3.23. The van der Waals surface area contributed by atoms with E-state index in [9.17, 15) is 39.9 Å². The van der Waals surface area contributed by atoms with Crippen LogP contribution in [0, 0.1) is 17.0 Å². The molecule has 0 saturated carbocycles. The van der Waals surface area contributed by atoms with Crippen LogP contribution in [0.25, 0.3) is 21.8 Å². The number of carbonyl (C=O) groups excluding carboxylic acids is 1. The first kappa shape index (κ1) is 31.6. The van der Waals surface area contributed by atoms with Crippen molar-refractivity contribution in [2.24, 2.45) is 0 Å². The van der Waals surface area contributed by atoms with E-state index in [0.717, 1.165) is 43.6 Å². The van der Waals surface area contributed by atoms with Crippen LogP contribution in [0.15, 0.2) is 42.6 Å². The fourth-order valence-corrected chi connectivity index (χ4v) is 5.34. The van der Waals surface area contributed by atoms with E-state index in [4.69, 9.17) is 22.7 Å². The van der Waals surface area contributed by atoms with Gasteiger partial charge in [-0.3, -0.25) is 4.79 Å². The maximum atomic E-state index is 14.5. The van der Waals surface area contributed by atoms with Crippen LogP contribution in [0.3, 0.4) is 0 Å². The van der Waals surface area contributed by atoms with Crippen molar-refractivity contribution in [1.82, 2.24) is 19.7 Å². The molecule has 3 aromatic carbocycles. The zero-order chi connectivity index (χ0) is 33.0. The number of hydrogen-bond donors (Lipinski definition) is 3. The topological polar surface area (TPSA) is 123 Å². The number of anilines is 3. The lowest BCUT2D eigenvalue weighted by Crippen LogP contribution is -2.19. The van der Waals surface area contributed by atoms with Gasteiger partial charge in [-0.15, -0.1) is 5.10 Å². The molecule has 0 saturated heterocycles. The Morgan fingerprint density at radius 2 is 1.80 bits per heavy atom. The maximum Gasteiger partial charge on any atom is 0.417 e. The standard InChI is InChI=1S/C28H18ClF8N7O/c1-11(45)22-23(16(8-38)14-4-12(30)2-3-19(14)29)20(7-21-24(22)42-26(39)44(21)10-27(32,33)34)41-25-15-5-13(31)6-18(28(35,36)37)17(15)9-40-43-25/h2-9,16,38H,10H2,1H3,(H2,39,42)(H,41,43). The number of imidazole rings is 1. The third-order valence-corrected chi connectivity index (χ3v) is 7.22. The summed E-state index contributed by atoms with van der Waals surface area (Å²) in [6.07, 6.45) is -8.29. The number of carbonyl (C=O) groups is 1. The Balaban J connectivity index is 1.89. The zero-order valence-corrected chi connectivity index (χ0v) is 23.3. The monoisotopic (exact) mass is 655 g/mol. The van der Waals surface area contributed by atoms with Crippen LogP contribution in [0.1, 0.15) is 39.9 Å². The fraction of sp³-hybridized carbons (Fsp3) is 0.179. The van der Waals surface area contributed by atoms with Crippen LogP contribution in [0.2, 0.25) is 5.02 Å². The molecule has 4 N–H and O–H groups in total.